The maximum atomic E-state index is 12.8. The molecule has 0 N–H and O–H groups in total. The third-order valence-corrected chi connectivity index (χ3v) is 1.43. The summed E-state index contributed by atoms with van der Waals surface area (Å²) in [6.45, 7) is 5.23. The second kappa shape index (κ2) is 4.40. The van der Waals surface area contributed by atoms with Gasteiger partial charge in [0.15, 0.2) is 0 Å². The van der Waals surface area contributed by atoms with Crippen LogP contribution in [0.4, 0.5) is 4.39 Å². The minimum Gasteiger partial charge on any atom is -0.292 e. The first-order valence-corrected chi connectivity index (χ1v) is 4.54. The molecule has 0 aliphatic heterocycles. The zero-order valence-electron chi connectivity index (χ0n) is 8.91. The van der Waals surface area contributed by atoms with E-state index < -0.39 is 17.4 Å². The van der Waals surface area contributed by atoms with Gasteiger partial charge in [-0.05, 0) is 39.0 Å². The van der Waals surface area contributed by atoms with Crippen LogP contribution in [0, 0.1) is 5.82 Å². The fourth-order valence-electron chi connectivity index (χ4n) is 0.826. The first-order valence-electron chi connectivity index (χ1n) is 4.54. The molecule has 0 atom stereocenters. The van der Waals surface area contributed by atoms with E-state index in [-0.39, 0.29) is 5.56 Å². The van der Waals surface area contributed by atoms with Crippen LogP contribution in [0.3, 0.4) is 0 Å². The number of halogens is 1. The van der Waals surface area contributed by atoms with Gasteiger partial charge in [0.05, 0.1) is 5.56 Å². The lowest BCUT2D eigenvalue weighted by atomic mass is 10.2. The van der Waals surface area contributed by atoms with Crippen molar-refractivity contribution in [1.29, 1.82) is 0 Å². The lowest BCUT2D eigenvalue weighted by Crippen LogP contribution is -2.21. The molecule has 0 amide bonds. The van der Waals surface area contributed by atoms with Gasteiger partial charge < -0.3 is 0 Å². The monoisotopic (exact) mass is 212 g/mol. The maximum Gasteiger partial charge on any atom is 0.373 e. The van der Waals surface area contributed by atoms with Crippen molar-refractivity contribution in [1.82, 2.24) is 0 Å². The second-order valence-electron chi connectivity index (χ2n) is 4.08. The molecule has 0 saturated carbocycles. The molecule has 0 unspecified atom stereocenters. The summed E-state index contributed by atoms with van der Waals surface area (Å²) in [4.78, 5) is 20.7. The van der Waals surface area contributed by atoms with E-state index in [1.54, 1.807) is 20.8 Å². The number of carbonyl (C=O) groups excluding carboxylic acids is 1. The quantitative estimate of drug-likeness (QED) is 0.558. The Bertz CT molecular complexity index is 355. The van der Waals surface area contributed by atoms with Gasteiger partial charge in [-0.15, -0.1) is 0 Å². The van der Waals surface area contributed by atoms with Crippen LogP contribution >= 0.6 is 0 Å². The van der Waals surface area contributed by atoms with Gasteiger partial charge in [0, 0.05) is 0 Å². The molecule has 1 aromatic carbocycles. The number of hydrogen-bond acceptors (Lipinski definition) is 3. The zero-order valence-corrected chi connectivity index (χ0v) is 8.91. The van der Waals surface area contributed by atoms with Gasteiger partial charge in [0.1, 0.15) is 11.4 Å². The van der Waals surface area contributed by atoms with Crippen LogP contribution in [0.1, 0.15) is 31.1 Å². The van der Waals surface area contributed by atoms with Crippen molar-refractivity contribution in [3.63, 3.8) is 0 Å². The molecule has 82 valence electrons. The average Bonchev–Trinajstić information content (AvgIpc) is 2.13. The van der Waals surface area contributed by atoms with Crippen LogP contribution in [-0.2, 0) is 9.78 Å². The summed E-state index contributed by atoms with van der Waals surface area (Å²) in [5.41, 5.74) is -0.456. The van der Waals surface area contributed by atoms with Crippen molar-refractivity contribution in [3.8, 4) is 0 Å². The lowest BCUT2D eigenvalue weighted by Gasteiger charge is -2.16. The van der Waals surface area contributed by atoms with Crippen LogP contribution in [0.5, 0.6) is 0 Å². The Balaban J connectivity index is 2.62. The van der Waals surface area contributed by atoms with Gasteiger partial charge >= 0.3 is 5.97 Å². The Morgan fingerprint density at radius 1 is 1.33 bits per heavy atom. The normalized spacial score (nSPS) is 11.2. The van der Waals surface area contributed by atoms with E-state index in [9.17, 15) is 9.18 Å². The molecular weight excluding hydrogens is 199 g/mol. The third kappa shape index (κ3) is 4.08. The van der Waals surface area contributed by atoms with Crippen molar-refractivity contribution < 1.29 is 19.0 Å². The molecule has 0 fully saturated rings. The molecule has 1 rings (SSSR count). The average molecular weight is 212 g/mol. The van der Waals surface area contributed by atoms with E-state index in [0.29, 0.717) is 0 Å². The molecule has 15 heavy (non-hydrogen) atoms. The molecule has 1 aromatic rings. The number of hydrogen-bond donors (Lipinski definition) is 0. The molecule has 0 radical (unpaired) electrons. The minimum absolute atomic E-state index is 0.124. The fraction of sp³-hybridized carbons (Fsp3) is 0.364. The predicted molar refractivity (Wildman–Crippen MR) is 52.7 cm³/mol. The molecule has 0 heterocycles. The second-order valence-corrected chi connectivity index (χ2v) is 4.08. The highest BCUT2D eigenvalue weighted by atomic mass is 19.1. The fourth-order valence-corrected chi connectivity index (χ4v) is 0.826. The molecule has 0 aliphatic carbocycles. The molecule has 0 bridgehead atoms. The lowest BCUT2D eigenvalue weighted by molar-refractivity contribution is -0.301. The van der Waals surface area contributed by atoms with Crippen LogP contribution in [0.2, 0.25) is 0 Å². The summed E-state index contributed by atoms with van der Waals surface area (Å²) >= 11 is 0. The summed E-state index contributed by atoms with van der Waals surface area (Å²) < 4.78 is 12.8. The van der Waals surface area contributed by atoms with E-state index in [2.05, 4.69) is 4.89 Å². The summed E-state index contributed by atoms with van der Waals surface area (Å²) in [7, 11) is 0. The van der Waals surface area contributed by atoms with Crippen LogP contribution in [0.25, 0.3) is 0 Å². The number of rotatable bonds is 2. The SMILES string of the molecule is CC(C)(C)OOC(=O)c1cccc(F)c1. The highest BCUT2D eigenvalue weighted by molar-refractivity contribution is 5.88. The van der Waals surface area contributed by atoms with Gasteiger partial charge in [0.25, 0.3) is 0 Å². The topological polar surface area (TPSA) is 35.5 Å². The van der Waals surface area contributed by atoms with Crippen LogP contribution in [-0.4, -0.2) is 11.6 Å². The first-order chi connectivity index (χ1) is 6.88. The van der Waals surface area contributed by atoms with Gasteiger partial charge in [0.2, 0.25) is 0 Å². The predicted octanol–water partition coefficient (Wildman–Crippen LogP) is 2.71. The summed E-state index contributed by atoms with van der Waals surface area (Å²) in [5.74, 6) is -1.19. The molecule has 3 nitrogen and oxygen atoms in total. The molecule has 0 saturated heterocycles. The minimum atomic E-state index is -0.704. The van der Waals surface area contributed by atoms with Crippen LogP contribution in [0.15, 0.2) is 24.3 Å². The van der Waals surface area contributed by atoms with Crippen molar-refractivity contribution >= 4 is 5.97 Å². The molecule has 0 spiro atoms. The Labute approximate surface area is 87.7 Å². The highest BCUT2D eigenvalue weighted by Gasteiger charge is 2.16. The number of benzene rings is 1. The zero-order chi connectivity index (χ0) is 11.5. The summed E-state index contributed by atoms with van der Waals surface area (Å²) in [6.07, 6.45) is 0. The van der Waals surface area contributed by atoms with Crippen LogP contribution < -0.4 is 0 Å². The molecular formula is C11H13FO3. The largest absolute Gasteiger partial charge is 0.373 e. The Morgan fingerprint density at radius 2 is 2.00 bits per heavy atom. The number of carbonyl (C=O) groups is 1. The molecule has 0 aliphatic rings. The van der Waals surface area contributed by atoms with Crippen molar-refractivity contribution in [2.75, 3.05) is 0 Å². The van der Waals surface area contributed by atoms with Crippen molar-refractivity contribution in [3.05, 3.63) is 35.6 Å². The Morgan fingerprint density at radius 3 is 2.53 bits per heavy atom. The molecule has 0 aromatic heterocycles. The van der Waals surface area contributed by atoms with E-state index in [0.717, 1.165) is 6.07 Å². The van der Waals surface area contributed by atoms with E-state index in [1.165, 1.54) is 18.2 Å². The van der Waals surface area contributed by atoms with Gasteiger partial charge in [-0.2, -0.15) is 4.89 Å². The standard InChI is InChI=1S/C11H13FO3/c1-11(2,3)15-14-10(13)8-5-4-6-9(12)7-8/h4-7H,1-3H3. The Kier molecular flexibility index (Phi) is 3.42. The third-order valence-electron chi connectivity index (χ3n) is 1.43. The van der Waals surface area contributed by atoms with E-state index >= 15 is 0 Å². The van der Waals surface area contributed by atoms with Crippen molar-refractivity contribution in [2.45, 2.75) is 26.4 Å². The van der Waals surface area contributed by atoms with Gasteiger partial charge in [-0.3, -0.25) is 4.89 Å². The smallest absolute Gasteiger partial charge is 0.292 e. The first kappa shape index (κ1) is 11.7. The summed E-state index contributed by atoms with van der Waals surface area (Å²) in [6, 6.07) is 5.23. The van der Waals surface area contributed by atoms with E-state index in [1.807, 2.05) is 0 Å². The summed E-state index contributed by atoms with van der Waals surface area (Å²) in [5, 5.41) is 0. The highest BCUT2D eigenvalue weighted by Crippen LogP contribution is 2.10. The van der Waals surface area contributed by atoms with Crippen molar-refractivity contribution in [2.24, 2.45) is 0 Å². The maximum absolute atomic E-state index is 12.8. The molecule has 4 heteroatoms. The van der Waals surface area contributed by atoms with E-state index in [4.69, 9.17) is 4.89 Å². The van der Waals surface area contributed by atoms with Gasteiger partial charge in [-0.1, -0.05) is 6.07 Å². The van der Waals surface area contributed by atoms with Gasteiger partial charge in [-0.25, -0.2) is 9.18 Å². The Hall–Kier alpha value is -1.42.